The fraction of sp³-hybridized carbons (Fsp3) is 0.133. The monoisotopic (exact) mass is 290 g/mol. The Kier molecular flexibility index (Phi) is 4.77. The number of benzene rings is 2. The number of hydrogen-bond donors (Lipinski definition) is 2. The van der Waals surface area contributed by atoms with Crippen LogP contribution in [-0.4, -0.2) is 5.11 Å². The van der Waals surface area contributed by atoms with Gasteiger partial charge in [0.15, 0.2) is 5.11 Å². The van der Waals surface area contributed by atoms with Crippen molar-refractivity contribution in [2.24, 2.45) is 0 Å². The molecule has 0 radical (unpaired) electrons. The molecule has 0 saturated heterocycles. The fourth-order valence-electron chi connectivity index (χ4n) is 1.73. The Morgan fingerprint density at radius 3 is 2.32 bits per heavy atom. The van der Waals surface area contributed by atoms with Crippen molar-refractivity contribution in [1.29, 1.82) is 0 Å². The highest BCUT2D eigenvalue weighted by Crippen LogP contribution is 2.16. The van der Waals surface area contributed by atoms with Crippen molar-refractivity contribution < 1.29 is 0 Å². The van der Waals surface area contributed by atoms with E-state index in [9.17, 15) is 0 Å². The Balaban J connectivity index is 2.01. The normalized spacial score (nSPS) is 10.0. The molecule has 2 aromatic carbocycles. The Labute approximate surface area is 123 Å². The van der Waals surface area contributed by atoms with Crippen LogP contribution < -0.4 is 10.6 Å². The van der Waals surface area contributed by atoms with Crippen molar-refractivity contribution in [2.75, 3.05) is 10.6 Å². The average Bonchev–Trinajstić information content (AvgIpc) is 2.38. The van der Waals surface area contributed by atoms with Gasteiger partial charge in [-0.2, -0.15) is 0 Å². The van der Waals surface area contributed by atoms with Crippen LogP contribution in [0, 0.1) is 0 Å². The first-order chi connectivity index (χ1) is 9.17. The van der Waals surface area contributed by atoms with Gasteiger partial charge in [0.2, 0.25) is 0 Å². The molecule has 0 aliphatic rings. The van der Waals surface area contributed by atoms with E-state index in [1.165, 1.54) is 5.56 Å². The maximum atomic E-state index is 5.92. The van der Waals surface area contributed by atoms with Gasteiger partial charge in [-0.25, -0.2) is 0 Å². The fourth-order valence-corrected chi connectivity index (χ4v) is 2.15. The molecular weight excluding hydrogens is 276 g/mol. The maximum Gasteiger partial charge on any atom is 0.175 e. The highest BCUT2D eigenvalue weighted by Gasteiger charge is 2.00. The summed E-state index contributed by atoms with van der Waals surface area (Å²) in [5, 5.41) is 7.50. The maximum absolute atomic E-state index is 5.92. The third-order valence-corrected chi connectivity index (χ3v) is 3.11. The molecule has 0 atom stereocenters. The largest absolute Gasteiger partial charge is 0.332 e. The lowest BCUT2D eigenvalue weighted by molar-refractivity contribution is 1.14. The Morgan fingerprint density at radius 1 is 1.05 bits per heavy atom. The summed E-state index contributed by atoms with van der Waals surface area (Å²) in [7, 11) is 0. The number of hydrogen-bond acceptors (Lipinski definition) is 1. The molecule has 0 bridgehead atoms. The van der Waals surface area contributed by atoms with E-state index in [1.54, 1.807) is 0 Å². The van der Waals surface area contributed by atoms with Gasteiger partial charge in [-0.05, 0) is 54.5 Å². The van der Waals surface area contributed by atoms with Crippen molar-refractivity contribution in [3.63, 3.8) is 0 Å². The molecule has 2 aromatic rings. The molecule has 2 N–H and O–H groups in total. The van der Waals surface area contributed by atoms with Gasteiger partial charge in [-0.15, -0.1) is 0 Å². The molecule has 2 nitrogen and oxygen atoms in total. The number of thiocarbonyl (C=S) groups is 1. The highest BCUT2D eigenvalue weighted by molar-refractivity contribution is 7.80. The van der Waals surface area contributed by atoms with Crippen LogP contribution in [0.25, 0.3) is 0 Å². The third kappa shape index (κ3) is 4.23. The van der Waals surface area contributed by atoms with E-state index in [2.05, 4.69) is 29.7 Å². The third-order valence-electron chi connectivity index (χ3n) is 2.68. The van der Waals surface area contributed by atoms with Crippen LogP contribution in [0.4, 0.5) is 11.4 Å². The molecule has 0 aliphatic heterocycles. The van der Waals surface area contributed by atoms with Crippen molar-refractivity contribution in [1.82, 2.24) is 0 Å². The predicted molar refractivity (Wildman–Crippen MR) is 87.1 cm³/mol. The summed E-state index contributed by atoms with van der Waals surface area (Å²) in [5.74, 6) is 0. The lowest BCUT2D eigenvalue weighted by Crippen LogP contribution is -2.19. The molecule has 0 aromatic heterocycles. The van der Waals surface area contributed by atoms with E-state index in [0.717, 1.165) is 17.8 Å². The van der Waals surface area contributed by atoms with Gasteiger partial charge >= 0.3 is 0 Å². The Morgan fingerprint density at radius 2 is 1.68 bits per heavy atom. The van der Waals surface area contributed by atoms with Crippen molar-refractivity contribution in [3.05, 3.63) is 59.1 Å². The Hall–Kier alpha value is -1.58. The summed E-state index contributed by atoms with van der Waals surface area (Å²) >= 11 is 11.2. The molecule has 0 spiro atoms. The standard InChI is InChI=1S/C15H15ClN2S/c1-2-11-5-3-7-13(9-11)17-15(19)18-14-8-4-6-12(16)10-14/h3-10H,2H2,1H3,(H2,17,18,19). The van der Waals surface area contributed by atoms with Gasteiger partial charge in [0, 0.05) is 16.4 Å². The SMILES string of the molecule is CCc1cccc(NC(=S)Nc2cccc(Cl)c2)c1. The van der Waals surface area contributed by atoms with Gasteiger partial charge < -0.3 is 10.6 Å². The first-order valence-corrected chi connectivity index (χ1v) is 6.88. The lowest BCUT2D eigenvalue weighted by Gasteiger charge is -2.11. The second-order valence-corrected chi connectivity index (χ2v) is 4.99. The molecule has 0 amide bonds. The second-order valence-electron chi connectivity index (χ2n) is 4.14. The van der Waals surface area contributed by atoms with Crippen molar-refractivity contribution in [3.8, 4) is 0 Å². The van der Waals surface area contributed by atoms with Gasteiger partial charge in [0.1, 0.15) is 0 Å². The molecular formula is C15H15ClN2S. The Bertz CT molecular complexity index is 584. The summed E-state index contributed by atoms with van der Waals surface area (Å²) in [6.45, 7) is 2.13. The average molecular weight is 291 g/mol. The molecule has 0 fully saturated rings. The minimum atomic E-state index is 0.551. The van der Waals surface area contributed by atoms with Gasteiger partial charge in [-0.1, -0.05) is 36.7 Å². The summed E-state index contributed by atoms with van der Waals surface area (Å²) in [4.78, 5) is 0. The zero-order valence-electron chi connectivity index (χ0n) is 10.6. The highest BCUT2D eigenvalue weighted by atomic mass is 35.5. The van der Waals surface area contributed by atoms with E-state index in [-0.39, 0.29) is 0 Å². The molecule has 19 heavy (non-hydrogen) atoms. The zero-order chi connectivity index (χ0) is 13.7. The summed E-state index contributed by atoms with van der Waals surface area (Å²) in [5.41, 5.74) is 3.13. The number of aryl methyl sites for hydroxylation is 1. The lowest BCUT2D eigenvalue weighted by atomic mass is 10.1. The topological polar surface area (TPSA) is 24.1 Å². The van der Waals surface area contributed by atoms with E-state index < -0.39 is 0 Å². The van der Waals surface area contributed by atoms with Gasteiger partial charge in [0.05, 0.1) is 0 Å². The number of rotatable bonds is 3. The van der Waals surface area contributed by atoms with E-state index in [4.69, 9.17) is 23.8 Å². The molecule has 0 heterocycles. The quantitative estimate of drug-likeness (QED) is 0.801. The van der Waals surface area contributed by atoms with Crippen LogP contribution in [0.5, 0.6) is 0 Å². The van der Waals surface area contributed by atoms with Crippen molar-refractivity contribution >= 4 is 40.3 Å². The molecule has 98 valence electrons. The first kappa shape index (κ1) is 13.8. The van der Waals surface area contributed by atoms with Gasteiger partial charge in [-0.3, -0.25) is 0 Å². The molecule has 0 saturated carbocycles. The van der Waals surface area contributed by atoms with Crippen LogP contribution in [0.15, 0.2) is 48.5 Å². The van der Waals surface area contributed by atoms with Crippen LogP contribution in [0.3, 0.4) is 0 Å². The molecule has 4 heteroatoms. The number of anilines is 2. The minimum absolute atomic E-state index is 0.551. The number of halogens is 1. The summed E-state index contributed by atoms with van der Waals surface area (Å²) in [6, 6.07) is 15.7. The van der Waals surface area contributed by atoms with Crippen LogP contribution in [0.1, 0.15) is 12.5 Å². The van der Waals surface area contributed by atoms with E-state index in [1.807, 2.05) is 36.4 Å². The van der Waals surface area contributed by atoms with Gasteiger partial charge in [0.25, 0.3) is 0 Å². The smallest absolute Gasteiger partial charge is 0.175 e. The predicted octanol–water partition coefficient (Wildman–Crippen LogP) is 4.71. The first-order valence-electron chi connectivity index (χ1n) is 6.10. The van der Waals surface area contributed by atoms with Crippen LogP contribution in [0.2, 0.25) is 5.02 Å². The zero-order valence-corrected chi connectivity index (χ0v) is 12.2. The van der Waals surface area contributed by atoms with Crippen LogP contribution >= 0.6 is 23.8 Å². The van der Waals surface area contributed by atoms with Crippen LogP contribution in [-0.2, 0) is 6.42 Å². The molecule has 0 unspecified atom stereocenters. The number of nitrogens with one attached hydrogen (secondary N) is 2. The second kappa shape index (κ2) is 6.55. The molecule has 0 aliphatic carbocycles. The molecule has 2 rings (SSSR count). The van der Waals surface area contributed by atoms with E-state index >= 15 is 0 Å². The summed E-state index contributed by atoms with van der Waals surface area (Å²) in [6.07, 6.45) is 1.00. The minimum Gasteiger partial charge on any atom is -0.332 e. The summed E-state index contributed by atoms with van der Waals surface area (Å²) < 4.78 is 0. The van der Waals surface area contributed by atoms with E-state index in [0.29, 0.717) is 10.1 Å². The van der Waals surface area contributed by atoms with Crippen molar-refractivity contribution in [2.45, 2.75) is 13.3 Å².